The number of halogens is 2. The van der Waals surface area contributed by atoms with Crippen LogP contribution in [-0.2, 0) is 20.9 Å². The third-order valence-electron chi connectivity index (χ3n) is 6.54. The lowest BCUT2D eigenvalue weighted by Crippen LogP contribution is -2.41. The molecule has 0 bridgehead atoms. The average Bonchev–Trinajstić information content (AvgIpc) is 2.85. The molecule has 1 amide bonds. The molecule has 11 heteroatoms. The Bertz CT molecular complexity index is 957. The van der Waals surface area contributed by atoms with E-state index in [9.17, 15) is 18.4 Å². The summed E-state index contributed by atoms with van der Waals surface area (Å²) < 4.78 is 34.9. The van der Waals surface area contributed by atoms with E-state index in [0.29, 0.717) is 64.8 Å². The Balaban J connectivity index is 1.45. The Labute approximate surface area is 217 Å². The molecule has 1 aromatic rings. The van der Waals surface area contributed by atoms with Crippen molar-refractivity contribution in [1.29, 1.82) is 0 Å². The number of likely N-dealkylation sites (tertiary alicyclic amines) is 1. The number of oxime groups is 1. The summed E-state index contributed by atoms with van der Waals surface area (Å²) in [5.41, 5.74) is 1.36. The van der Waals surface area contributed by atoms with Gasteiger partial charge in [-0.3, -0.25) is 4.79 Å². The summed E-state index contributed by atoms with van der Waals surface area (Å²) in [4.78, 5) is 33.7. The SMILES string of the molecule is CC(C)OC(=O)N1CCC(ON=C2CCN(c3cc(F)c(CN(C)CCCC(=O)O)cc3F)CC2)CC1. The summed E-state index contributed by atoms with van der Waals surface area (Å²) in [5.74, 6) is -1.83. The number of piperidine rings is 2. The van der Waals surface area contributed by atoms with Crippen molar-refractivity contribution in [2.45, 2.75) is 71.1 Å². The van der Waals surface area contributed by atoms with Crippen molar-refractivity contribution in [1.82, 2.24) is 9.80 Å². The zero-order valence-corrected chi connectivity index (χ0v) is 21.9. The molecule has 9 nitrogen and oxygen atoms in total. The first-order valence-corrected chi connectivity index (χ1v) is 12.9. The van der Waals surface area contributed by atoms with E-state index in [4.69, 9.17) is 14.7 Å². The second-order valence-electron chi connectivity index (χ2n) is 10.00. The number of hydrogen-bond donors (Lipinski definition) is 1. The molecule has 2 heterocycles. The van der Waals surface area contributed by atoms with Crippen molar-refractivity contribution in [3.63, 3.8) is 0 Å². The fourth-order valence-electron chi connectivity index (χ4n) is 4.48. The molecule has 1 N–H and O–H groups in total. The first-order valence-electron chi connectivity index (χ1n) is 12.9. The van der Waals surface area contributed by atoms with Crippen LogP contribution in [0.25, 0.3) is 0 Å². The largest absolute Gasteiger partial charge is 0.481 e. The molecule has 2 fully saturated rings. The van der Waals surface area contributed by atoms with Gasteiger partial charge >= 0.3 is 12.1 Å². The monoisotopic (exact) mass is 524 g/mol. The molecule has 0 atom stereocenters. The van der Waals surface area contributed by atoms with E-state index < -0.39 is 17.6 Å². The number of benzene rings is 1. The lowest BCUT2D eigenvalue weighted by molar-refractivity contribution is -0.137. The molecule has 0 spiro atoms. The highest BCUT2D eigenvalue weighted by atomic mass is 19.1. The number of carboxylic acids is 1. The Morgan fingerprint density at radius 2 is 1.81 bits per heavy atom. The quantitative estimate of drug-likeness (QED) is 0.458. The summed E-state index contributed by atoms with van der Waals surface area (Å²) in [6.07, 6.45) is 2.53. The number of carbonyl (C=O) groups excluding carboxylic acids is 1. The number of hydrogen-bond acceptors (Lipinski definition) is 7. The smallest absolute Gasteiger partial charge is 0.410 e. The molecule has 2 aliphatic heterocycles. The van der Waals surface area contributed by atoms with Crippen molar-refractivity contribution in [3.05, 3.63) is 29.3 Å². The van der Waals surface area contributed by atoms with Gasteiger partial charge in [-0.1, -0.05) is 5.16 Å². The minimum Gasteiger partial charge on any atom is -0.481 e. The second kappa shape index (κ2) is 13.6. The topological polar surface area (TPSA) is 94.9 Å². The maximum atomic E-state index is 14.9. The summed E-state index contributed by atoms with van der Waals surface area (Å²) in [7, 11) is 1.75. The minimum atomic E-state index is -0.873. The number of rotatable bonds is 10. The van der Waals surface area contributed by atoms with E-state index in [2.05, 4.69) is 5.16 Å². The standard InChI is InChI=1S/C26H38F2N4O5/c1-18(2)36-26(35)32-13-8-21(9-14-32)37-29-20-6-11-31(12-7-20)24-16-22(27)19(15-23(24)28)17-30(3)10-4-5-25(33)34/h15-16,18,21H,4-14,17H2,1-3H3,(H,33,34). The predicted octanol–water partition coefficient (Wildman–Crippen LogP) is 4.24. The highest BCUT2D eigenvalue weighted by molar-refractivity contribution is 5.86. The zero-order chi connectivity index (χ0) is 26.9. The van der Waals surface area contributed by atoms with Gasteiger partial charge in [0.15, 0.2) is 0 Å². The van der Waals surface area contributed by atoms with Crippen molar-refractivity contribution in [2.75, 3.05) is 44.7 Å². The Morgan fingerprint density at radius 3 is 2.43 bits per heavy atom. The average molecular weight is 525 g/mol. The highest BCUT2D eigenvalue weighted by Crippen LogP contribution is 2.27. The number of carboxylic acid groups (broad SMARTS) is 1. The molecule has 2 saturated heterocycles. The minimum absolute atomic E-state index is 0.0412. The fraction of sp³-hybridized carbons (Fsp3) is 0.654. The Morgan fingerprint density at radius 1 is 1.14 bits per heavy atom. The maximum Gasteiger partial charge on any atom is 0.410 e. The van der Waals surface area contributed by atoms with Gasteiger partial charge in [0, 0.05) is 76.5 Å². The third kappa shape index (κ3) is 8.84. The van der Waals surface area contributed by atoms with Crippen LogP contribution >= 0.6 is 0 Å². The van der Waals surface area contributed by atoms with Crippen LogP contribution in [0.4, 0.5) is 19.3 Å². The number of ether oxygens (including phenoxy) is 1. The molecule has 0 unspecified atom stereocenters. The maximum absolute atomic E-state index is 14.9. The van der Waals surface area contributed by atoms with Crippen molar-refractivity contribution < 1.29 is 33.1 Å². The molecule has 37 heavy (non-hydrogen) atoms. The van der Waals surface area contributed by atoms with Gasteiger partial charge in [0.25, 0.3) is 0 Å². The molecular weight excluding hydrogens is 486 g/mol. The lowest BCUT2D eigenvalue weighted by atomic mass is 10.1. The summed E-state index contributed by atoms with van der Waals surface area (Å²) in [6, 6.07) is 2.47. The van der Waals surface area contributed by atoms with E-state index in [-0.39, 0.29) is 42.5 Å². The first kappa shape index (κ1) is 28.6. The molecular formula is C26H38F2N4O5. The Kier molecular flexibility index (Phi) is 10.5. The fourth-order valence-corrected chi connectivity index (χ4v) is 4.48. The third-order valence-corrected chi connectivity index (χ3v) is 6.54. The molecule has 2 aliphatic rings. The summed E-state index contributed by atoms with van der Waals surface area (Å²) in [6.45, 7) is 6.47. The highest BCUT2D eigenvalue weighted by Gasteiger charge is 2.26. The second-order valence-corrected chi connectivity index (χ2v) is 10.00. The van der Waals surface area contributed by atoms with Gasteiger partial charge in [0.05, 0.1) is 17.5 Å². The van der Waals surface area contributed by atoms with E-state index in [0.717, 1.165) is 5.71 Å². The van der Waals surface area contributed by atoms with Gasteiger partial charge in [0.1, 0.15) is 17.7 Å². The molecule has 1 aromatic carbocycles. The van der Waals surface area contributed by atoms with Crippen LogP contribution in [0.2, 0.25) is 0 Å². The first-order chi connectivity index (χ1) is 17.6. The molecule has 206 valence electrons. The van der Waals surface area contributed by atoms with Gasteiger partial charge in [-0.2, -0.15) is 0 Å². The molecule has 0 aliphatic carbocycles. The molecule has 3 rings (SSSR count). The zero-order valence-electron chi connectivity index (χ0n) is 21.9. The van der Waals surface area contributed by atoms with Crippen LogP contribution in [0, 0.1) is 11.6 Å². The van der Waals surface area contributed by atoms with Crippen molar-refractivity contribution >= 4 is 23.5 Å². The number of carbonyl (C=O) groups is 2. The van der Waals surface area contributed by atoms with E-state index >= 15 is 0 Å². The van der Waals surface area contributed by atoms with Gasteiger partial charge in [-0.05, 0) is 39.9 Å². The number of anilines is 1. The number of amides is 1. The number of aliphatic carboxylic acids is 1. The van der Waals surface area contributed by atoms with E-state index in [1.165, 1.54) is 12.1 Å². The van der Waals surface area contributed by atoms with E-state index in [1.807, 2.05) is 18.7 Å². The normalized spacial score (nSPS) is 16.9. The van der Waals surface area contributed by atoms with Gasteiger partial charge < -0.3 is 29.4 Å². The van der Waals surface area contributed by atoms with Crippen LogP contribution in [0.1, 0.15) is 57.9 Å². The van der Waals surface area contributed by atoms with Crippen molar-refractivity contribution in [2.24, 2.45) is 5.16 Å². The van der Waals surface area contributed by atoms with Crippen LogP contribution < -0.4 is 4.90 Å². The van der Waals surface area contributed by atoms with Crippen LogP contribution in [0.15, 0.2) is 17.3 Å². The van der Waals surface area contributed by atoms with Gasteiger partial charge in [-0.25, -0.2) is 13.6 Å². The summed E-state index contributed by atoms with van der Waals surface area (Å²) in [5, 5.41) is 13.1. The lowest BCUT2D eigenvalue weighted by Gasteiger charge is -2.32. The molecule has 0 saturated carbocycles. The number of nitrogens with zero attached hydrogens (tertiary/aromatic N) is 4. The van der Waals surface area contributed by atoms with Crippen molar-refractivity contribution in [3.8, 4) is 0 Å². The predicted molar refractivity (Wildman–Crippen MR) is 136 cm³/mol. The Hall–Kier alpha value is -2.95. The van der Waals surface area contributed by atoms with E-state index in [1.54, 1.807) is 16.8 Å². The van der Waals surface area contributed by atoms with Gasteiger partial charge in [0.2, 0.25) is 0 Å². The van der Waals surface area contributed by atoms with Crippen LogP contribution in [0.5, 0.6) is 0 Å². The molecule has 0 radical (unpaired) electrons. The van der Waals surface area contributed by atoms with Gasteiger partial charge in [-0.15, -0.1) is 0 Å². The van der Waals surface area contributed by atoms with Crippen LogP contribution in [0.3, 0.4) is 0 Å². The van der Waals surface area contributed by atoms with Crippen LogP contribution in [-0.4, -0.2) is 84.7 Å². The molecule has 0 aromatic heterocycles. The summed E-state index contributed by atoms with van der Waals surface area (Å²) >= 11 is 0.